The molecule has 0 bridgehead atoms. The Balaban J connectivity index is 3.18. The summed E-state index contributed by atoms with van der Waals surface area (Å²) in [5.41, 5.74) is -0.813. The van der Waals surface area contributed by atoms with Crippen LogP contribution in [0.15, 0.2) is 6.20 Å². The van der Waals surface area contributed by atoms with Crippen LogP contribution in [0.1, 0.15) is 17.3 Å². The summed E-state index contributed by atoms with van der Waals surface area (Å²) in [7, 11) is 0. The van der Waals surface area contributed by atoms with E-state index in [9.17, 15) is 13.6 Å². The van der Waals surface area contributed by atoms with Crippen molar-refractivity contribution in [2.45, 2.75) is 6.92 Å². The van der Waals surface area contributed by atoms with Crippen LogP contribution < -0.4 is 0 Å². The summed E-state index contributed by atoms with van der Waals surface area (Å²) in [5.74, 6) is -3.39. The number of hydrogen-bond acceptors (Lipinski definition) is 3. The lowest BCUT2D eigenvalue weighted by Gasteiger charge is -2.04. The van der Waals surface area contributed by atoms with E-state index in [1.807, 2.05) is 0 Å². The fourth-order valence-corrected chi connectivity index (χ4v) is 0.976. The number of aromatic nitrogens is 1. The molecule has 1 heterocycles. The summed E-state index contributed by atoms with van der Waals surface area (Å²) in [4.78, 5) is 14.2. The summed E-state index contributed by atoms with van der Waals surface area (Å²) in [6.45, 7) is 1.55. The van der Waals surface area contributed by atoms with Crippen molar-refractivity contribution in [2.75, 3.05) is 6.61 Å². The molecule has 0 fully saturated rings. The second-order valence-electron chi connectivity index (χ2n) is 2.31. The van der Waals surface area contributed by atoms with E-state index in [1.54, 1.807) is 0 Å². The van der Waals surface area contributed by atoms with Crippen molar-refractivity contribution in [1.29, 1.82) is 0 Å². The van der Waals surface area contributed by atoms with Gasteiger partial charge in [0.1, 0.15) is 5.56 Å². The second kappa shape index (κ2) is 4.32. The van der Waals surface area contributed by atoms with Gasteiger partial charge in [-0.25, -0.2) is 18.6 Å². The Hall–Kier alpha value is -1.23. The maximum atomic E-state index is 13.1. The molecule has 76 valence electrons. The van der Waals surface area contributed by atoms with Crippen LogP contribution in [0.2, 0.25) is 5.15 Å². The Kier molecular flexibility index (Phi) is 3.35. The fraction of sp³-hybridized carbons (Fsp3) is 0.250. The zero-order chi connectivity index (χ0) is 10.7. The number of nitrogens with zero attached hydrogens (tertiary/aromatic N) is 1. The maximum Gasteiger partial charge on any atom is 0.344 e. The molecule has 0 aliphatic rings. The maximum absolute atomic E-state index is 13.1. The molecule has 0 spiro atoms. The molecule has 0 N–H and O–H groups in total. The molecule has 1 aromatic rings. The minimum Gasteiger partial charge on any atom is -0.462 e. The zero-order valence-electron chi connectivity index (χ0n) is 7.18. The lowest BCUT2D eigenvalue weighted by atomic mass is 10.2. The van der Waals surface area contributed by atoms with E-state index in [1.165, 1.54) is 6.92 Å². The van der Waals surface area contributed by atoms with Crippen molar-refractivity contribution in [1.82, 2.24) is 4.98 Å². The van der Waals surface area contributed by atoms with Crippen molar-refractivity contribution in [3.63, 3.8) is 0 Å². The normalized spacial score (nSPS) is 10.0. The van der Waals surface area contributed by atoms with Crippen LogP contribution in [0.3, 0.4) is 0 Å². The number of hydrogen-bond donors (Lipinski definition) is 0. The Bertz CT molecular complexity index is 371. The zero-order valence-corrected chi connectivity index (χ0v) is 7.94. The van der Waals surface area contributed by atoms with E-state index in [0.29, 0.717) is 6.20 Å². The van der Waals surface area contributed by atoms with E-state index in [2.05, 4.69) is 9.72 Å². The van der Waals surface area contributed by atoms with Gasteiger partial charge < -0.3 is 4.74 Å². The van der Waals surface area contributed by atoms with Gasteiger partial charge in [0.05, 0.1) is 12.8 Å². The first kappa shape index (κ1) is 10.8. The molecule has 0 atom stereocenters. The standard InChI is InChI=1S/C8H6ClF2NO2/c1-2-14-8(13)5-4(10)3-12-7(9)6(5)11/h3H,2H2,1H3. The quantitative estimate of drug-likeness (QED) is 0.568. The molecule has 0 aliphatic carbocycles. The number of esters is 1. The van der Waals surface area contributed by atoms with Crippen molar-refractivity contribution in [3.05, 3.63) is 28.5 Å². The molecule has 3 nitrogen and oxygen atoms in total. The van der Waals surface area contributed by atoms with E-state index in [-0.39, 0.29) is 6.61 Å². The molecule has 1 aromatic heterocycles. The highest BCUT2D eigenvalue weighted by Gasteiger charge is 2.21. The highest BCUT2D eigenvalue weighted by molar-refractivity contribution is 6.29. The largest absolute Gasteiger partial charge is 0.462 e. The van der Waals surface area contributed by atoms with Gasteiger partial charge in [-0.05, 0) is 6.92 Å². The van der Waals surface area contributed by atoms with Gasteiger partial charge in [-0.3, -0.25) is 0 Å². The highest BCUT2D eigenvalue weighted by atomic mass is 35.5. The Morgan fingerprint density at radius 1 is 1.64 bits per heavy atom. The van der Waals surface area contributed by atoms with E-state index < -0.39 is 28.3 Å². The average Bonchev–Trinajstić information content (AvgIpc) is 2.13. The summed E-state index contributed by atoms with van der Waals surface area (Å²) < 4.78 is 30.5. The molecule has 0 aromatic carbocycles. The predicted octanol–water partition coefficient (Wildman–Crippen LogP) is 2.19. The van der Waals surface area contributed by atoms with Crippen molar-refractivity contribution >= 4 is 17.6 Å². The monoisotopic (exact) mass is 221 g/mol. The molecule has 0 radical (unpaired) electrons. The van der Waals surface area contributed by atoms with Crippen molar-refractivity contribution in [3.8, 4) is 0 Å². The Labute approximate surface area is 83.7 Å². The molecule has 6 heteroatoms. The smallest absolute Gasteiger partial charge is 0.344 e. The molecule has 0 saturated heterocycles. The summed E-state index contributed by atoms with van der Waals surface area (Å²) in [5, 5.41) is -0.561. The van der Waals surface area contributed by atoms with Crippen LogP contribution in [-0.4, -0.2) is 17.6 Å². The fourth-order valence-electron chi connectivity index (χ4n) is 0.833. The van der Waals surface area contributed by atoms with Crippen LogP contribution in [-0.2, 0) is 4.74 Å². The highest BCUT2D eigenvalue weighted by Crippen LogP contribution is 2.18. The number of rotatable bonds is 2. The van der Waals surface area contributed by atoms with Crippen LogP contribution in [0, 0.1) is 11.6 Å². The van der Waals surface area contributed by atoms with E-state index in [0.717, 1.165) is 0 Å². The average molecular weight is 222 g/mol. The molecule has 0 aliphatic heterocycles. The molecular formula is C8H6ClF2NO2. The van der Waals surface area contributed by atoms with Gasteiger partial charge in [0.15, 0.2) is 16.8 Å². The van der Waals surface area contributed by atoms with Gasteiger partial charge in [0.25, 0.3) is 0 Å². The number of pyridine rings is 1. The minimum atomic E-state index is -1.20. The molecule has 0 saturated carbocycles. The number of halogens is 3. The Morgan fingerprint density at radius 3 is 2.86 bits per heavy atom. The second-order valence-corrected chi connectivity index (χ2v) is 2.66. The third-order valence-corrected chi connectivity index (χ3v) is 1.67. The van der Waals surface area contributed by atoms with Gasteiger partial charge in [-0.1, -0.05) is 11.6 Å². The molecule has 14 heavy (non-hydrogen) atoms. The topological polar surface area (TPSA) is 39.2 Å². The SMILES string of the molecule is CCOC(=O)c1c(F)cnc(Cl)c1F. The molecule has 1 rings (SSSR count). The predicted molar refractivity (Wildman–Crippen MR) is 45.1 cm³/mol. The summed E-state index contributed by atoms with van der Waals surface area (Å²) >= 11 is 5.27. The number of carbonyl (C=O) groups is 1. The Morgan fingerprint density at radius 2 is 2.29 bits per heavy atom. The first-order chi connectivity index (χ1) is 6.57. The van der Waals surface area contributed by atoms with Crippen LogP contribution in [0.5, 0.6) is 0 Å². The van der Waals surface area contributed by atoms with Crippen LogP contribution in [0.25, 0.3) is 0 Å². The first-order valence-corrected chi connectivity index (χ1v) is 4.12. The van der Waals surface area contributed by atoms with Crippen molar-refractivity contribution in [2.24, 2.45) is 0 Å². The molecular weight excluding hydrogens is 216 g/mol. The minimum absolute atomic E-state index is 0.0255. The van der Waals surface area contributed by atoms with Gasteiger partial charge in [-0.15, -0.1) is 0 Å². The lowest BCUT2D eigenvalue weighted by Crippen LogP contribution is -2.11. The summed E-state index contributed by atoms with van der Waals surface area (Å²) in [6.07, 6.45) is 0.664. The third-order valence-electron chi connectivity index (χ3n) is 1.41. The van der Waals surface area contributed by atoms with Gasteiger partial charge in [0.2, 0.25) is 0 Å². The third kappa shape index (κ3) is 1.98. The van der Waals surface area contributed by atoms with Crippen LogP contribution in [0.4, 0.5) is 8.78 Å². The molecule has 0 unspecified atom stereocenters. The lowest BCUT2D eigenvalue weighted by molar-refractivity contribution is 0.0515. The van der Waals surface area contributed by atoms with Gasteiger partial charge in [-0.2, -0.15) is 0 Å². The summed E-state index contributed by atoms with van der Waals surface area (Å²) in [6, 6.07) is 0. The van der Waals surface area contributed by atoms with Crippen molar-refractivity contribution < 1.29 is 18.3 Å². The van der Waals surface area contributed by atoms with E-state index in [4.69, 9.17) is 11.6 Å². The van der Waals surface area contributed by atoms with Gasteiger partial charge in [0, 0.05) is 0 Å². The van der Waals surface area contributed by atoms with E-state index >= 15 is 0 Å². The first-order valence-electron chi connectivity index (χ1n) is 3.74. The number of carbonyl (C=O) groups excluding carboxylic acids is 1. The molecule has 0 amide bonds. The number of ether oxygens (including phenoxy) is 1. The van der Waals surface area contributed by atoms with Crippen LogP contribution >= 0.6 is 11.6 Å². The van der Waals surface area contributed by atoms with Gasteiger partial charge >= 0.3 is 5.97 Å².